The van der Waals surface area contributed by atoms with Crippen LogP contribution in [0.5, 0.6) is 0 Å². The van der Waals surface area contributed by atoms with Crippen molar-refractivity contribution in [1.29, 1.82) is 5.26 Å². The first-order valence-corrected chi connectivity index (χ1v) is 9.05. The van der Waals surface area contributed by atoms with Crippen molar-refractivity contribution in [3.8, 4) is 6.07 Å². The van der Waals surface area contributed by atoms with Crippen molar-refractivity contribution in [3.63, 3.8) is 0 Å². The van der Waals surface area contributed by atoms with Crippen LogP contribution < -0.4 is 4.72 Å². The minimum absolute atomic E-state index is 0.00179. The van der Waals surface area contributed by atoms with Gasteiger partial charge in [-0.3, -0.25) is 4.79 Å². The summed E-state index contributed by atoms with van der Waals surface area (Å²) in [5.74, 6) is -0.750. The van der Waals surface area contributed by atoms with Crippen LogP contribution in [0.3, 0.4) is 0 Å². The van der Waals surface area contributed by atoms with Gasteiger partial charge in [0.15, 0.2) is 0 Å². The van der Waals surface area contributed by atoms with Gasteiger partial charge in [0.1, 0.15) is 24.9 Å². The smallest absolute Gasteiger partial charge is 0.321 e. The van der Waals surface area contributed by atoms with E-state index in [2.05, 4.69) is 9.71 Å². The SMILES string of the molecule is N#Cc1ccccc1S(=O)(=O)NCC(=O)OCc1cn2ccccc2n1. The lowest BCUT2D eigenvalue weighted by atomic mass is 10.2. The fourth-order valence-electron chi connectivity index (χ4n) is 2.29. The largest absolute Gasteiger partial charge is 0.458 e. The number of sulfonamides is 1. The molecule has 0 aliphatic rings. The standard InChI is InChI=1S/C17H14N4O4S/c18-9-13-5-1-2-6-15(13)26(23,24)19-10-17(22)25-12-14-11-21-8-4-3-7-16(21)20-14/h1-8,11,19H,10,12H2. The number of nitrogens with zero attached hydrogens (tertiary/aromatic N) is 3. The minimum atomic E-state index is -3.99. The van der Waals surface area contributed by atoms with E-state index < -0.39 is 22.5 Å². The van der Waals surface area contributed by atoms with Gasteiger partial charge in [-0.25, -0.2) is 13.4 Å². The maximum Gasteiger partial charge on any atom is 0.321 e. The molecule has 0 spiro atoms. The maximum atomic E-state index is 12.2. The summed E-state index contributed by atoms with van der Waals surface area (Å²) in [4.78, 5) is 15.9. The third kappa shape index (κ3) is 3.88. The van der Waals surface area contributed by atoms with Crippen LogP contribution in [-0.2, 0) is 26.2 Å². The van der Waals surface area contributed by atoms with Gasteiger partial charge in [0.05, 0.1) is 16.2 Å². The van der Waals surface area contributed by atoms with Crippen LogP contribution in [0.15, 0.2) is 59.8 Å². The van der Waals surface area contributed by atoms with E-state index >= 15 is 0 Å². The predicted octanol–water partition coefficient (Wildman–Crippen LogP) is 1.23. The van der Waals surface area contributed by atoms with Crippen molar-refractivity contribution in [3.05, 3.63) is 66.1 Å². The molecule has 0 fully saturated rings. The number of aromatic nitrogens is 2. The van der Waals surface area contributed by atoms with Crippen LogP contribution in [0.25, 0.3) is 5.65 Å². The molecule has 0 aliphatic heterocycles. The van der Waals surface area contributed by atoms with Gasteiger partial charge >= 0.3 is 5.97 Å². The lowest BCUT2D eigenvalue weighted by Crippen LogP contribution is -2.31. The van der Waals surface area contributed by atoms with Crippen molar-refractivity contribution in [1.82, 2.24) is 14.1 Å². The molecule has 26 heavy (non-hydrogen) atoms. The molecular weight excluding hydrogens is 356 g/mol. The number of carbonyl (C=O) groups excluding carboxylic acids is 1. The summed E-state index contributed by atoms with van der Waals surface area (Å²) in [6.45, 7) is -0.619. The number of fused-ring (bicyclic) bond motifs is 1. The van der Waals surface area contributed by atoms with Crippen LogP contribution >= 0.6 is 0 Å². The number of hydrogen-bond acceptors (Lipinski definition) is 6. The van der Waals surface area contributed by atoms with Crippen molar-refractivity contribution < 1.29 is 17.9 Å². The van der Waals surface area contributed by atoms with E-state index in [4.69, 9.17) is 10.00 Å². The molecule has 3 rings (SSSR count). The van der Waals surface area contributed by atoms with Gasteiger partial charge in [-0.05, 0) is 24.3 Å². The Morgan fingerprint density at radius 2 is 2.00 bits per heavy atom. The first-order chi connectivity index (χ1) is 12.5. The lowest BCUT2D eigenvalue weighted by molar-refractivity contribution is -0.143. The van der Waals surface area contributed by atoms with E-state index in [9.17, 15) is 13.2 Å². The summed E-state index contributed by atoms with van der Waals surface area (Å²) in [6.07, 6.45) is 3.53. The number of ether oxygens (including phenoxy) is 1. The molecule has 0 unspecified atom stereocenters. The Kier molecular flexibility index (Phi) is 4.97. The summed E-state index contributed by atoms with van der Waals surface area (Å²) >= 11 is 0. The van der Waals surface area contributed by atoms with Crippen molar-refractivity contribution in [2.45, 2.75) is 11.5 Å². The molecule has 0 atom stereocenters. The summed E-state index contributed by atoms with van der Waals surface area (Å²) in [5.41, 5.74) is 1.26. The number of imidazole rings is 1. The Bertz CT molecular complexity index is 1070. The predicted molar refractivity (Wildman–Crippen MR) is 91.3 cm³/mol. The molecule has 0 bridgehead atoms. The molecule has 2 aromatic heterocycles. The number of benzene rings is 1. The third-order valence-corrected chi connectivity index (χ3v) is 4.96. The quantitative estimate of drug-likeness (QED) is 0.653. The zero-order valence-corrected chi connectivity index (χ0v) is 14.3. The van der Waals surface area contributed by atoms with E-state index in [-0.39, 0.29) is 17.1 Å². The highest BCUT2D eigenvalue weighted by atomic mass is 32.2. The van der Waals surface area contributed by atoms with Gasteiger partial charge in [0.2, 0.25) is 10.0 Å². The molecule has 8 nitrogen and oxygen atoms in total. The van der Waals surface area contributed by atoms with Crippen LogP contribution in [0, 0.1) is 11.3 Å². The minimum Gasteiger partial charge on any atom is -0.458 e. The van der Waals surface area contributed by atoms with Crippen molar-refractivity contribution >= 4 is 21.6 Å². The van der Waals surface area contributed by atoms with Crippen LogP contribution in [-0.4, -0.2) is 30.3 Å². The zero-order chi connectivity index (χ0) is 18.6. The van der Waals surface area contributed by atoms with E-state index in [1.165, 1.54) is 18.2 Å². The Labute approximate surface area is 149 Å². The highest BCUT2D eigenvalue weighted by Crippen LogP contribution is 2.13. The summed E-state index contributed by atoms with van der Waals surface area (Å²) in [6, 6.07) is 13.0. The van der Waals surface area contributed by atoms with Gasteiger partial charge in [-0.2, -0.15) is 9.98 Å². The van der Waals surface area contributed by atoms with E-state index in [0.29, 0.717) is 11.3 Å². The van der Waals surface area contributed by atoms with Crippen LogP contribution in [0.4, 0.5) is 0 Å². The van der Waals surface area contributed by atoms with Gasteiger partial charge in [0, 0.05) is 12.4 Å². The Morgan fingerprint density at radius 3 is 2.77 bits per heavy atom. The highest BCUT2D eigenvalue weighted by molar-refractivity contribution is 7.89. The molecule has 3 aromatic rings. The summed E-state index contributed by atoms with van der Waals surface area (Å²) < 4.78 is 33.4. The molecule has 0 aliphatic carbocycles. The number of pyridine rings is 1. The fourth-order valence-corrected chi connectivity index (χ4v) is 3.41. The number of nitriles is 1. The normalized spacial score (nSPS) is 11.2. The molecule has 0 saturated carbocycles. The first kappa shape index (κ1) is 17.6. The molecule has 0 saturated heterocycles. The highest BCUT2D eigenvalue weighted by Gasteiger charge is 2.19. The topological polar surface area (TPSA) is 114 Å². The fraction of sp³-hybridized carbons (Fsp3) is 0.118. The van der Waals surface area contributed by atoms with Crippen LogP contribution in [0.1, 0.15) is 11.3 Å². The molecule has 1 aromatic carbocycles. The van der Waals surface area contributed by atoms with Gasteiger partial charge in [-0.1, -0.05) is 18.2 Å². The third-order valence-electron chi connectivity index (χ3n) is 3.50. The van der Waals surface area contributed by atoms with Gasteiger partial charge in [-0.15, -0.1) is 0 Å². The van der Waals surface area contributed by atoms with Gasteiger partial charge in [0.25, 0.3) is 0 Å². The second kappa shape index (κ2) is 7.35. The average molecular weight is 370 g/mol. The molecule has 9 heteroatoms. The number of nitrogens with one attached hydrogen (secondary N) is 1. The average Bonchev–Trinajstić information content (AvgIpc) is 3.07. The van der Waals surface area contributed by atoms with E-state index in [1.54, 1.807) is 22.7 Å². The van der Waals surface area contributed by atoms with Gasteiger partial charge < -0.3 is 9.14 Å². The Balaban J connectivity index is 1.59. The number of esters is 1. The number of hydrogen-bond donors (Lipinski definition) is 1. The molecule has 132 valence electrons. The van der Waals surface area contributed by atoms with E-state index in [1.807, 2.05) is 24.4 Å². The lowest BCUT2D eigenvalue weighted by Gasteiger charge is -2.07. The molecule has 0 radical (unpaired) electrons. The summed E-state index contributed by atoms with van der Waals surface area (Å²) in [5, 5.41) is 8.99. The second-order valence-corrected chi connectivity index (χ2v) is 7.03. The van der Waals surface area contributed by atoms with Crippen molar-refractivity contribution in [2.24, 2.45) is 0 Å². The monoisotopic (exact) mass is 370 g/mol. The molecular formula is C17H14N4O4S. The number of carbonyl (C=O) groups is 1. The number of rotatable bonds is 6. The molecule has 1 N–H and O–H groups in total. The van der Waals surface area contributed by atoms with Crippen molar-refractivity contribution in [2.75, 3.05) is 6.54 Å². The first-order valence-electron chi connectivity index (χ1n) is 7.56. The van der Waals surface area contributed by atoms with E-state index in [0.717, 1.165) is 0 Å². The molecule has 0 amide bonds. The maximum absolute atomic E-state index is 12.2. The second-order valence-electron chi connectivity index (χ2n) is 5.29. The molecule has 2 heterocycles. The van der Waals surface area contributed by atoms with Crippen LogP contribution in [0.2, 0.25) is 0 Å². The summed E-state index contributed by atoms with van der Waals surface area (Å²) in [7, 11) is -3.99. The zero-order valence-electron chi connectivity index (χ0n) is 13.5. The Morgan fingerprint density at radius 1 is 1.23 bits per heavy atom. The Hall–Kier alpha value is -3.22.